The first-order valence-electron chi connectivity index (χ1n) is 3.03. The Balaban J connectivity index is 0.000000605. The Morgan fingerprint density at radius 3 is 1.91 bits per heavy atom. The first-order valence-corrected chi connectivity index (χ1v) is 3.44. The van der Waals surface area contributed by atoms with Crippen molar-refractivity contribution in [3.05, 3.63) is 29.0 Å². The fourth-order valence-electron chi connectivity index (χ4n) is 0.977. The molecule has 0 spiro atoms. The van der Waals surface area contributed by atoms with E-state index in [1.807, 2.05) is 24.3 Å². The van der Waals surface area contributed by atoms with Crippen LogP contribution in [0.4, 0.5) is 0 Å². The van der Waals surface area contributed by atoms with Gasteiger partial charge in [-0.25, -0.2) is 0 Å². The number of H-pyrrole nitrogens is 2. The number of rotatable bonds is 0. The van der Waals surface area contributed by atoms with Gasteiger partial charge >= 0.3 is 0 Å². The van der Waals surface area contributed by atoms with E-state index in [2.05, 4.69) is 9.97 Å². The molecule has 2 nitrogen and oxygen atoms in total. The van der Waals surface area contributed by atoms with E-state index in [-0.39, 0.29) is 22.4 Å². The first kappa shape index (κ1) is 8.74. The predicted molar refractivity (Wildman–Crippen MR) is 43.5 cm³/mol. The maximum absolute atomic E-state index is 4.90. The second-order valence-corrected chi connectivity index (χ2v) is 2.53. The van der Waals surface area contributed by atoms with Crippen LogP contribution in [0.1, 0.15) is 0 Å². The van der Waals surface area contributed by atoms with Gasteiger partial charge in [-0.2, -0.15) is 0 Å². The van der Waals surface area contributed by atoms with Gasteiger partial charge in [-0.1, -0.05) is 12.1 Å². The van der Waals surface area contributed by atoms with Gasteiger partial charge < -0.3 is 9.97 Å². The van der Waals surface area contributed by atoms with Gasteiger partial charge in [0, 0.05) is 22.4 Å². The van der Waals surface area contributed by atoms with E-state index >= 15 is 0 Å². The molecule has 0 bridgehead atoms. The Hall–Kier alpha value is -0.350. The average molecular weight is 258 g/mol. The molecule has 2 rings (SSSR count). The van der Waals surface area contributed by atoms with Crippen LogP contribution in [0.5, 0.6) is 0 Å². The van der Waals surface area contributed by atoms with Gasteiger partial charge in [0.05, 0.1) is 11.0 Å². The van der Waals surface area contributed by atoms with Crippen molar-refractivity contribution in [2.75, 3.05) is 0 Å². The zero-order valence-electron chi connectivity index (χ0n) is 5.52. The molecule has 2 aromatic rings. The van der Waals surface area contributed by atoms with Crippen LogP contribution in [0, 0.1) is 4.77 Å². The van der Waals surface area contributed by atoms with Crippen molar-refractivity contribution in [1.82, 2.24) is 9.97 Å². The summed E-state index contributed by atoms with van der Waals surface area (Å²) in [5, 5.41) is 0. The molecule has 0 saturated carbocycles. The number of aromatic amines is 2. The third-order valence-electron chi connectivity index (χ3n) is 1.42. The van der Waals surface area contributed by atoms with Gasteiger partial charge in [-0.05, 0) is 24.4 Å². The number of imidazole rings is 1. The molecule has 2 N–H and O–H groups in total. The minimum Gasteiger partial charge on any atom is -0.331 e. The summed E-state index contributed by atoms with van der Waals surface area (Å²) in [6.07, 6.45) is 0. The minimum atomic E-state index is 0. The topological polar surface area (TPSA) is 31.6 Å². The summed E-state index contributed by atoms with van der Waals surface area (Å²) >= 11 is 4.90. The van der Waals surface area contributed by atoms with E-state index in [4.69, 9.17) is 12.2 Å². The van der Waals surface area contributed by atoms with E-state index in [9.17, 15) is 0 Å². The molecule has 1 aromatic carbocycles. The van der Waals surface area contributed by atoms with Crippen LogP contribution < -0.4 is 0 Å². The summed E-state index contributed by atoms with van der Waals surface area (Å²) in [6, 6.07) is 7.92. The summed E-state index contributed by atoms with van der Waals surface area (Å²) in [5.41, 5.74) is 2.13. The average Bonchev–Trinajstić information content (AvgIpc) is 2.27. The Bertz CT molecular complexity index is 368. The molecule has 1 heterocycles. The van der Waals surface area contributed by atoms with Crippen molar-refractivity contribution in [2.24, 2.45) is 0 Å². The van der Waals surface area contributed by atoms with Gasteiger partial charge in [0.2, 0.25) is 0 Å². The van der Waals surface area contributed by atoms with E-state index in [1.165, 1.54) is 0 Å². The second-order valence-electron chi connectivity index (χ2n) is 2.12. The number of hydrogen-bond acceptors (Lipinski definition) is 1. The van der Waals surface area contributed by atoms with Crippen molar-refractivity contribution >= 4 is 23.3 Å². The molecule has 4 heteroatoms. The Morgan fingerprint density at radius 2 is 1.45 bits per heavy atom. The predicted octanol–water partition coefficient (Wildman–Crippen LogP) is 2.22. The number of para-hydroxylation sites is 2. The smallest absolute Gasteiger partial charge is 0.175 e. The fourth-order valence-corrected chi connectivity index (χ4v) is 1.20. The van der Waals surface area contributed by atoms with Crippen molar-refractivity contribution in [1.29, 1.82) is 0 Å². The van der Waals surface area contributed by atoms with Crippen LogP contribution in [0.3, 0.4) is 0 Å². The van der Waals surface area contributed by atoms with E-state index in [0.717, 1.165) is 11.0 Å². The normalized spacial score (nSPS) is 9.45. The minimum absolute atomic E-state index is 0. The third-order valence-corrected chi connectivity index (χ3v) is 1.63. The summed E-state index contributed by atoms with van der Waals surface area (Å²) in [6.45, 7) is 0. The molecule has 0 aliphatic carbocycles. The maximum Gasteiger partial charge on any atom is 0.175 e. The summed E-state index contributed by atoms with van der Waals surface area (Å²) in [7, 11) is 0. The van der Waals surface area contributed by atoms with Crippen molar-refractivity contribution in [3.63, 3.8) is 0 Å². The van der Waals surface area contributed by atoms with Crippen molar-refractivity contribution in [2.45, 2.75) is 0 Å². The van der Waals surface area contributed by atoms with Gasteiger partial charge in [-0.15, -0.1) is 0 Å². The van der Waals surface area contributed by atoms with Crippen LogP contribution in [0.2, 0.25) is 0 Å². The monoisotopic (exact) mass is 257 g/mol. The SMILES string of the molecule is S=c1[nH]c2ccccc2[nH]1.[Ag]. The number of benzene rings is 1. The summed E-state index contributed by atoms with van der Waals surface area (Å²) in [4.78, 5) is 6.04. The Kier molecular flexibility index (Phi) is 2.67. The quantitative estimate of drug-likeness (QED) is 0.551. The molecular formula is C7H6AgN2S. The van der Waals surface area contributed by atoms with Crippen LogP contribution in [0.15, 0.2) is 24.3 Å². The van der Waals surface area contributed by atoms with Gasteiger partial charge in [0.1, 0.15) is 0 Å². The molecule has 0 unspecified atom stereocenters. The molecule has 0 saturated heterocycles. The van der Waals surface area contributed by atoms with Gasteiger partial charge in [0.25, 0.3) is 0 Å². The standard InChI is InChI=1S/C7H6N2S.Ag/c10-7-8-5-3-1-2-4-6(5)9-7;/h1-4H,(H2,8,9,10);. The van der Waals surface area contributed by atoms with Crippen molar-refractivity contribution in [3.8, 4) is 0 Å². The van der Waals surface area contributed by atoms with Crippen LogP contribution in [0.25, 0.3) is 11.0 Å². The molecule has 0 fully saturated rings. The largest absolute Gasteiger partial charge is 0.331 e. The summed E-state index contributed by atoms with van der Waals surface area (Å²) < 4.78 is 0.682. The molecule has 61 valence electrons. The summed E-state index contributed by atoms with van der Waals surface area (Å²) in [5.74, 6) is 0. The molecule has 1 radical (unpaired) electrons. The molecule has 0 aliphatic rings. The number of nitrogens with one attached hydrogen (secondary N) is 2. The zero-order valence-corrected chi connectivity index (χ0v) is 7.82. The fraction of sp³-hybridized carbons (Fsp3) is 0. The van der Waals surface area contributed by atoms with E-state index in [0.29, 0.717) is 4.77 Å². The molecule has 0 amide bonds. The second kappa shape index (κ2) is 3.36. The molecule has 1 aromatic heterocycles. The van der Waals surface area contributed by atoms with Gasteiger partial charge in [0.15, 0.2) is 4.77 Å². The van der Waals surface area contributed by atoms with Crippen LogP contribution in [-0.4, -0.2) is 9.97 Å². The molecule has 0 atom stereocenters. The van der Waals surface area contributed by atoms with Crippen LogP contribution >= 0.6 is 12.2 Å². The van der Waals surface area contributed by atoms with Crippen molar-refractivity contribution < 1.29 is 22.4 Å². The zero-order chi connectivity index (χ0) is 6.97. The van der Waals surface area contributed by atoms with Crippen LogP contribution in [-0.2, 0) is 22.4 Å². The first-order chi connectivity index (χ1) is 4.86. The Labute approximate surface area is 84.5 Å². The number of aromatic nitrogens is 2. The van der Waals surface area contributed by atoms with E-state index < -0.39 is 0 Å². The Morgan fingerprint density at radius 1 is 1.00 bits per heavy atom. The van der Waals surface area contributed by atoms with Gasteiger partial charge in [-0.3, -0.25) is 0 Å². The van der Waals surface area contributed by atoms with E-state index in [1.54, 1.807) is 0 Å². The maximum atomic E-state index is 4.90. The number of hydrogen-bond donors (Lipinski definition) is 2. The molecular weight excluding hydrogens is 252 g/mol. The molecule has 11 heavy (non-hydrogen) atoms. The third kappa shape index (κ3) is 1.62. The molecule has 0 aliphatic heterocycles. The number of fused-ring (bicyclic) bond motifs is 1.